The Kier molecular flexibility index (Phi) is 4.26. The van der Waals surface area contributed by atoms with Crippen LogP contribution in [0.1, 0.15) is 51.9 Å². The van der Waals surface area contributed by atoms with Crippen molar-refractivity contribution in [3.05, 3.63) is 0 Å². The zero-order valence-corrected chi connectivity index (χ0v) is 14.3. The molecule has 4 aliphatic rings. The molecule has 0 aromatic rings. The van der Waals surface area contributed by atoms with Crippen LogP contribution < -0.4 is 5.32 Å². The Labute approximate surface area is 139 Å². The fraction of sp³-hybridized carbons (Fsp3) is 0.944. The molecule has 2 aliphatic carbocycles. The number of nitrogens with one attached hydrogen (secondary N) is 1. The van der Waals surface area contributed by atoms with Gasteiger partial charge in [-0.25, -0.2) is 0 Å². The van der Waals surface area contributed by atoms with Gasteiger partial charge in [0.2, 0.25) is 0 Å². The van der Waals surface area contributed by atoms with Crippen LogP contribution in [-0.2, 0) is 4.74 Å². The first kappa shape index (κ1) is 15.7. The summed E-state index contributed by atoms with van der Waals surface area (Å²) in [6, 6.07) is 0.537. The molecule has 2 saturated heterocycles. The molecule has 5 nitrogen and oxygen atoms in total. The van der Waals surface area contributed by atoms with E-state index in [9.17, 15) is 5.11 Å². The number of likely N-dealkylation sites (tertiary alicyclic amines) is 1. The first-order chi connectivity index (χ1) is 11.2. The molecular formula is C18H31N3O2. The van der Waals surface area contributed by atoms with Gasteiger partial charge >= 0.3 is 0 Å². The molecule has 4 rings (SSSR count). The highest BCUT2D eigenvalue weighted by atomic mass is 16.5. The lowest BCUT2D eigenvalue weighted by Crippen LogP contribution is -2.69. The molecule has 5 heteroatoms. The number of fused-ring (bicyclic) bond motifs is 2. The van der Waals surface area contributed by atoms with Crippen molar-refractivity contribution in [2.45, 2.75) is 70.1 Å². The number of hydrogen-bond acceptors (Lipinski definition) is 3. The third-order valence-corrected chi connectivity index (χ3v) is 6.64. The minimum absolute atomic E-state index is 0.133. The second-order valence-electron chi connectivity index (χ2n) is 7.82. The summed E-state index contributed by atoms with van der Waals surface area (Å²) in [6.07, 6.45) is 8.59. The van der Waals surface area contributed by atoms with Crippen molar-refractivity contribution in [3.8, 4) is 0 Å². The van der Waals surface area contributed by atoms with Crippen molar-refractivity contribution < 1.29 is 9.84 Å². The molecule has 130 valence electrons. The normalized spacial score (nSPS) is 37.0. The van der Waals surface area contributed by atoms with Gasteiger partial charge in [-0.15, -0.1) is 0 Å². The van der Waals surface area contributed by atoms with Gasteiger partial charge in [0.1, 0.15) is 0 Å². The van der Waals surface area contributed by atoms with Gasteiger partial charge in [0.25, 0.3) is 0 Å². The van der Waals surface area contributed by atoms with Gasteiger partial charge in [0.05, 0.1) is 12.2 Å². The van der Waals surface area contributed by atoms with E-state index in [2.05, 4.69) is 17.1 Å². The van der Waals surface area contributed by atoms with Gasteiger partial charge in [-0.05, 0) is 39.0 Å². The van der Waals surface area contributed by atoms with Gasteiger partial charge in [-0.2, -0.15) is 0 Å². The molecule has 0 amide bonds. The molecule has 2 N–H and O–H groups in total. The zero-order valence-electron chi connectivity index (χ0n) is 14.3. The maximum atomic E-state index is 9.76. The minimum atomic E-state index is -0.133. The summed E-state index contributed by atoms with van der Waals surface area (Å²) >= 11 is 0. The van der Waals surface area contributed by atoms with Gasteiger partial charge in [-0.3, -0.25) is 4.99 Å². The number of rotatable bonds is 2. The highest BCUT2D eigenvalue weighted by Gasteiger charge is 2.65. The van der Waals surface area contributed by atoms with E-state index in [-0.39, 0.29) is 6.10 Å². The molecule has 3 unspecified atom stereocenters. The number of ether oxygens (including phenoxy) is 1. The van der Waals surface area contributed by atoms with Gasteiger partial charge in [-0.1, -0.05) is 12.8 Å². The Balaban J connectivity index is 1.49. The number of guanidine groups is 1. The van der Waals surface area contributed by atoms with Crippen molar-refractivity contribution in [2.24, 2.45) is 16.3 Å². The molecule has 2 saturated carbocycles. The van der Waals surface area contributed by atoms with E-state index in [1.807, 2.05) is 0 Å². The van der Waals surface area contributed by atoms with E-state index in [4.69, 9.17) is 9.73 Å². The number of hydrogen-bond donors (Lipinski definition) is 2. The largest absolute Gasteiger partial charge is 0.393 e. The van der Waals surface area contributed by atoms with Gasteiger partial charge in [0.15, 0.2) is 5.96 Å². The van der Waals surface area contributed by atoms with E-state index < -0.39 is 0 Å². The van der Waals surface area contributed by atoms with Gasteiger partial charge < -0.3 is 20.1 Å². The van der Waals surface area contributed by atoms with Crippen LogP contribution in [0.3, 0.4) is 0 Å². The summed E-state index contributed by atoms with van der Waals surface area (Å²) in [5.41, 5.74) is 0.366. The van der Waals surface area contributed by atoms with Crippen molar-refractivity contribution in [2.75, 3.05) is 26.2 Å². The number of nitrogens with zero attached hydrogens (tertiary/aromatic N) is 2. The number of aliphatic imine (C=N–C) groups is 1. The van der Waals surface area contributed by atoms with E-state index in [0.717, 1.165) is 45.0 Å². The van der Waals surface area contributed by atoms with E-state index in [1.165, 1.54) is 32.1 Å². The fourth-order valence-corrected chi connectivity index (χ4v) is 5.51. The quantitative estimate of drug-likeness (QED) is 0.601. The van der Waals surface area contributed by atoms with Crippen molar-refractivity contribution in [1.29, 1.82) is 0 Å². The topological polar surface area (TPSA) is 57.1 Å². The lowest BCUT2D eigenvalue weighted by molar-refractivity contribution is -0.125. The smallest absolute Gasteiger partial charge is 0.194 e. The fourth-order valence-electron chi connectivity index (χ4n) is 5.51. The summed E-state index contributed by atoms with van der Waals surface area (Å²) in [7, 11) is 0. The molecule has 4 fully saturated rings. The van der Waals surface area contributed by atoms with Gasteiger partial charge in [0, 0.05) is 43.6 Å². The average molecular weight is 321 g/mol. The monoisotopic (exact) mass is 321 g/mol. The zero-order chi connectivity index (χ0) is 15.9. The molecule has 0 aromatic heterocycles. The molecule has 23 heavy (non-hydrogen) atoms. The number of piperidine rings is 1. The van der Waals surface area contributed by atoms with Crippen LogP contribution in [-0.4, -0.2) is 60.5 Å². The summed E-state index contributed by atoms with van der Waals surface area (Å²) in [6.45, 7) is 5.68. The molecule has 2 aliphatic heterocycles. The summed E-state index contributed by atoms with van der Waals surface area (Å²) in [5.74, 6) is 1.74. The first-order valence-corrected chi connectivity index (χ1v) is 9.60. The Morgan fingerprint density at radius 3 is 2.70 bits per heavy atom. The van der Waals surface area contributed by atoms with Crippen molar-refractivity contribution in [3.63, 3.8) is 0 Å². The number of aliphatic hydroxyl groups excluding tert-OH is 1. The predicted molar refractivity (Wildman–Crippen MR) is 90.5 cm³/mol. The minimum Gasteiger partial charge on any atom is -0.393 e. The summed E-state index contributed by atoms with van der Waals surface area (Å²) < 4.78 is 6.09. The van der Waals surface area contributed by atoms with Crippen LogP contribution in [0, 0.1) is 11.3 Å². The second-order valence-corrected chi connectivity index (χ2v) is 7.82. The SMILES string of the molecule is CCN=C(NC1C2CCOC2C12CCCC2)N1CCC(O)CC1. The Hall–Kier alpha value is -0.810. The first-order valence-electron chi connectivity index (χ1n) is 9.60. The molecule has 2 heterocycles. The van der Waals surface area contributed by atoms with Crippen LogP contribution >= 0.6 is 0 Å². The Morgan fingerprint density at radius 1 is 1.26 bits per heavy atom. The highest BCUT2D eigenvalue weighted by Crippen LogP contribution is 2.60. The molecular weight excluding hydrogens is 290 g/mol. The summed E-state index contributed by atoms with van der Waals surface area (Å²) in [4.78, 5) is 7.12. The molecule has 3 atom stereocenters. The molecule has 0 radical (unpaired) electrons. The number of aliphatic hydroxyl groups is 1. The lowest BCUT2D eigenvalue weighted by atomic mass is 9.54. The van der Waals surface area contributed by atoms with E-state index >= 15 is 0 Å². The highest BCUT2D eigenvalue weighted by molar-refractivity contribution is 5.80. The van der Waals surface area contributed by atoms with Crippen LogP contribution in [0.25, 0.3) is 0 Å². The molecule has 1 spiro atoms. The van der Waals surface area contributed by atoms with E-state index in [0.29, 0.717) is 23.5 Å². The maximum Gasteiger partial charge on any atom is 0.194 e. The standard InChI is InChI=1S/C18H31N3O2/c1-2-19-17(21-10-5-13(22)6-11-21)20-15-14-7-12-23-16(14)18(15)8-3-4-9-18/h13-16,22H,2-12H2,1H3,(H,19,20). The third kappa shape index (κ3) is 2.56. The van der Waals surface area contributed by atoms with Crippen LogP contribution in [0.2, 0.25) is 0 Å². The predicted octanol–water partition coefficient (Wildman–Crippen LogP) is 1.76. The lowest BCUT2D eigenvalue weighted by Gasteiger charge is -2.57. The molecule has 0 aromatic carbocycles. The Bertz CT molecular complexity index is 453. The average Bonchev–Trinajstić information content (AvgIpc) is 3.20. The summed E-state index contributed by atoms with van der Waals surface area (Å²) in [5, 5.41) is 13.6. The third-order valence-electron chi connectivity index (χ3n) is 6.64. The second kappa shape index (κ2) is 6.25. The maximum absolute atomic E-state index is 9.76. The van der Waals surface area contributed by atoms with Crippen LogP contribution in [0.5, 0.6) is 0 Å². The Morgan fingerprint density at radius 2 is 2.00 bits per heavy atom. The van der Waals surface area contributed by atoms with Crippen molar-refractivity contribution >= 4 is 5.96 Å². The molecule has 0 bridgehead atoms. The van der Waals surface area contributed by atoms with Crippen molar-refractivity contribution in [1.82, 2.24) is 10.2 Å². The van der Waals surface area contributed by atoms with Crippen LogP contribution in [0.15, 0.2) is 4.99 Å². The van der Waals surface area contributed by atoms with E-state index in [1.54, 1.807) is 0 Å². The van der Waals surface area contributed by atoms with Crippen LogP contribution in [0.4, 0.5) is 0 Å².